The summed E-state index contributed by atoms with van der Waals surface area (Å²) in [6.07, 6.45) is 6.00. The van der Waals surface area contributed by atoms with E-state index in [1.54, 1.807) is 7.11 Å². The Bertz CT molecular complexity index is 830. The molecule has 2 aromatic rings. The Morgan fingerprint density at radius 3 is 2.59 bits per heavy atom. The van der Waals surface area contributed by atoms with Gasteiger partial charge in [0.1, 0.15) is 11.6 Å². The average molecular weight is 395 g/mol. The molecule has 1 aliphatic heterocycles. The molecule has 0 bridgehead atoms. The van der Waals surface area contributed by atoms with Crippen LogP contribution in [0.15, 0.2) is 42.6 Å². The van der Waals surface area contributed by atoms with Gasteiger partial charge in [0, 0.05) is 37.7 Å². The lowest BCUT2D eigenvalue weighted by Gasteiger charge is -2.38. The van der Waals surface area contributed by atoms with Crippen LogP contribution in [-0.2, 0) is 11.3 Å². The molecule has 1 aromatic heterocycles. The normalized spacial score (nSPS) is 17.4. The van der Waals surface area contributed by atoms with E-state index in [1.165, 1.54) is 5.56 Å². The average Bonchev–Trinajstić information content (AvgIpc) is 3.60. The molecule has 1 aliphatic carbocycles. The van der Waals surface area contributed by atoms with E-state index in [2.05, 4.69) is 57.5 Å². The first kappa shape index (κ1) is 19.7. The molecule has 154 valence electrons. The number of carbonyl (C=O) groups is 1. The minimum absolute atomic E-state index is 0.0644. The molecule has 0 radical (unpaired) electrons. The number of ether oxygens (including phenoxy) is 1. The number of hydrogen-bond donors (Lipinski definition) is 1. The van der Waals surface area contributed by atoms with Gasteiger partial charge >= 0.3 is 0 Å². The standard InChI is InChI=1S/C23H30N4O2/c1-26(16-17-6-4-3-5-7-17)19-10-12-27(13-11-19)20-15-24-22(14-21(20)29-2)25-23(28)18-8-9-18/h3-7,14-15,18-19H,8-13,16H2,1-2H3,(H,24,25,28). The Labute approximate surface area is 172 Å². The van der Waals surface area contributed by atoms with Gasteiger partial charge < -0.3 is 15.0 Å². The summed E-state index contributed by atoms with van der Waals surface area (Å²) in [5, 5.41) is 2.90. The zero-order chi connectivity index (χ0) is 20.2. The highest BCUT2D eigenvalue weighted by atomic mass is 16.5. The van der Waals surface area contributed by atoms with Crippen molar-refractivity contribution in [3.05, 3.63) is 48.2 Å². The highest BCUT2D eigenvalue weighted by molar-refractivity contribution is 5.93. The Hall–Kier alpha value is -2.60. The summed E-state index contributed by atoms with van der Waals surface area (Å²) in [4.78, 5) is 21.2. The van der Waals surface area contributed by atoms with E-state index in [4.69, 9.17) is 4.74 Å². The molecule has 29 heavy (non-hydrogen) atoms. The van der Waals surface area contributed by atoms with Crippen LogP contribution in [-0.4, -0.2) is 49.1 Å². The van der Waals surface area contributed by atoms with Crippen LogP contribution in [0.1, 0.15) is 31.2 Å². The maximum Gasteiger partial charge on any atom is 0.228 e. The lowest BCUT2D eigenvalue weighted by molar-refractivity contribution is -0.117. The minimum Gasteiger partial charge on any atom is -0.494 e. The number of hydrogen-bond acceptors (Lipinski definition) is 5. The van der Waals surface area contributed by atoms with E-state index < -0.39 is 0 Å². The van der Waals surface area contributed by atoms with Crippen LogP contribution < -0.4 is 15.0 Å². The first-order chi connectivity index (χ1) is 14.1. The summed E-state index contributed by atoms with van der Waals surface area (Å²) in [6, 6.07) is 13.0. The number of benzene rings is 1. The van der Waals surface area contributed by atoms with Gasteiger partial charge in [-0.3, -0.25) is 9.69 Å². The Morgan fingerprint density at radius 2 is 1.93 bits per heavy atom. The molecule has 4 rings (SSSR count). The molecular weight excluding hydrogens is 364 g/mol. The Balaban J connectivity index is 1.35. The third-order valence-electron chi connectivity index (χ3n) is 5.97. The second-order valence-corrected chi connectivity index (χ2v) is 8.12. The fraction of sp³-hybridized carbons (Fsp3) is 0.478. The largest absolute Gasteiger partial charge is 0.494 e. The number of piperidine rings is 1. The van der Waals surface area contributed by atoms with E-state index in [0.717, 1.165) is 56.8 Å². The first-order valence-electron chi connectivity index (χ1n) is 10.5. The van der Waals surface area contributed by atoms with Crippen LogP contribution in [0.2, 0.25) is 0 Å². The lowest BCUT2D eigenvalue weighted by atomic mass is 10.0. The highest BCUT2D eigenvalue weighted by Crippen LogP contribution is 2.34. The van der Waals surface area contributed by atoms with Crippen LogP contribution in [0.5, 0.6) is 5.75 Å². The number of nitrogens with zero attached hydrogens (tertiary/aromatic N) is 3. The molecular formula is C23H30N4O2. The third-order valence-corrected chi connectivity index (χ3v) is 5.97. The zero-order valence-corrected chi connectivity index (χ0v) is 17.3. The predicted octanol–water partition coefficient (Wildman–Crippen LogP) is 3.54. The quantitative estimate of drug-likeness (QED) is 0.778. The Kier molecular flexibility index (Phi) is 6.00. The Morgan fingerprint density at radius 1 is 1.21 bits per heavy atom. The number of methoxy groups -OCH3 is 1. The predicted molar refractivity (Wildman–Crippen MR) is 115 cm³/mol. The number of anilines is 2. The zero-order valence-electron chi connectivity index (χ0n) is 17.3. The highest BCUT2D eigenvalue weighted by Gasteiger charge is 2.30. The molecule has 1 saturated carbocycles. The van der Waals surface area contributed by atoms with Crippen LogP contribution >= 0.6 is 0 Å². The fourth-order valence-electron chi connectivity index (χ4n) is 4.02. The van der Waals surface area contributed by atoms with Gasteiger partial charge in [0.05, 0.1) is 19.0 Å². The molecule has 6 nitrogen and oxygen atoms in total. The van der Waals surface area contributed by atoms with Crippen LogP contribution in [0.3, 0.4) is 0 Å². The molecule has 0 atom stereocenters. The van der Waals surface area contributed by atoms with Gasteiger partial charge in [0.2, 0.25) is 5.91 Å². The van der Waals surface area contributed by atoms with Gasteiger partial charge in [-0.2, -0.15) is 0 Å². The van der Waals surface area contributed by atoms with Crippen molar-refractivity contribution in [1.82, 2.24) is 9.88 Å². The minimum atomic E-state index is 0.0644. The van der Waals surface area contributed by atoms with Crippen molar-refractivity contribution in [3.63, 3.8) is 0 Å². The van der Waals surface area contributed by atoms with Crippen molar-refractivity contribution < 1.29 is 9.53 Å². The van der Waals surface area contributed by atoms with Gasteiger partial charge in [0.25, 0.3) is 0 Å². The maximum absolute atomic E-state index is 12.0. The van der Waals surface area contributed by atoms with E-state index in [0.29, 0.717) is 11.9 Å². The van der Waals surface area contributed by atoms with E-state index in [1.807, 2.05) is 12.3 Å². The summed E-state index contributed by atoms with van der Waals surface area (Å²) in [6.45, 7) is 2.91. The van der Waals surface area contributed by atoms with E-state index >= 15 is 0 Å². The van der Waals surface area contributed by atoms with Crippen molar-refractivity contribution in [2.45, 2.75) is 38.3 Å². The first-order valence-corrected chi connectivity index (χ1v) is 10.5. The summed E-state index contributed by atoms with van der Waals surface area (Å²) >= 11 is 0. The van der Waals surface area contributed by atoms with Crippen LogP contribution in [0, 0.1) is 5.92 Å². The molecule has 2 fully saturated rings. The van der Waals surface area contributed by atoms with Crippen molar-refractivity contribution in [2.24, 2.45) is 5.92 Å². The molecule has 1 N–H and O–H groups in total. The molecule has 1 saturated heterocycles. The summed E-state index contributed by atoms with van der Waals surface area (Å²) < 4.78 is 5.61. The summed E-state index contributed by atoms with van der Waals surface area (Å²) in [5.74, 6) is 1.56. The van der Waals surface area contributed by atoms with Crippen molar-refractivity contribution in [2.75, 3.05) is 37.5 Å². The second kappa shape index (κ2) is 8.82. The fourth-order valence-corrected chi connectivity index (χ4v) is 4.02. The maximum atomic E-state index is 12.0. The number of rotatable bonds is 7. The molecule has 1 amide bonds. The molecule has 2 aliphatic rings. The van der Waals surface area contributed by atoms with Gasteiger partial charge in [-0.05, 0) is 38.3 Å². The van der Waals surface area contributed by atoms with Crippen LogP contribution in [0.25, 0.3) is 0 Å². The van der Waals surface area contributed by atoms with Gasteiger partial charge in [0.15, 0.2) is 0 Å². The monoisotopic (exact) mass is 394 g/mol. The van der Waals surface area contributed by atoms with Crippen molar-refractivity contribution in [1.29, 1.82) is 0 Å². The third kappa shape index (κ3) is 4.88. The molecule has 6 heteroatoms. The van der Waals surface area contributed by atoms with E-state index in [-0.39, 0.29) is 11.8 Å². The number of amides is 1. The number of aromatic nitrogens is 1. The topological polar surface area (TPSA) is 57.7 Å². The second-order valence-electron chi connectivity index (χ2n) is 8.12. The smallest absolute Gasteiger partial charge is 0.228 e. The SMILES string of the molecule is COc1cc(NC(=O)C2CC2)ncc1N1CCC(N(C)Cc2ccccc2)CC1. The number of nitrogens with one attached hydrogen (secondary N) is 1. The van der Waals surface area contributed by atoms with Gasteiger partial charge in [-0.1, -0.05) is 30.3 Å². The lowest BCUT2D eigenvalue weighted by Crippen LogP contribution is -2.43. The van der Waals surface area contributed by atoms with Gasteiger partial charge in [-0.25, -0.2) is 4.98 Å². The molecule has 0 spiro atoms. The molecule has 2 heterocycles. The summed E-state index contributed by atoms with van der Waals surface area (Å²) in [5.41, 5.74) is 2.35. The van der Waals surface area contributed by atoms with Crippen LogP contribution in [0.4, 0.5) is 11.5 Å². The van der Waals surface area contributed by atoms with E-state index in [9.17, 15) is 4.79 Å². The van der Waals surface area contributed by atoms with Crippen molar-refractivity contribution in [3.8, 4) is 5.75 Å². The van der Waals surface area contributed by atoms with Crippen molar-refractivity contribution >= 4 is 17.4 Å². The molecule has 0 unspecified atom stereocenters. The summed E-state index contributed by atoms with van der Waals surface area (Å²) in [7, 11) is 3.89. The number of pyridine rings is 1. The van der Waals surface area contributed by atoms with Gasteiger partial charge in [-0.15, -0.1) is 0 Å². The number of carbonyl (C=O) groups excluding carboxylic acids is 1. The molecule has 1 aromatic carbocycles.